The van der Waals surface area contributed by atoms with Crippen molar-refractivity contribution < 1.29 is 14.0 Å². The van der Waals surface area contributed by atoms with E-state index < -0.39 is 11.7 Å². The minimum Gasteiger partial charge on any atom is -0.369 e. The monoisotopic (exact) mass is 341 g/mol. The Bertz CT molecular complexity index is 802. The number of nitrogens with two attached hydrogens (primary N) is 1. The van der Waals surface area contributed by atoms with E-state index in [0.717, 1.165) is 12.1 Å². The van der Waals surface area contributed by atoms with E-state index >= 15 is 0 Å². The summed E-state index contributed by atoms with van der Waals surface area (Å²) in [6, 6.07) is 11.4. The molecule has 1 heterocycles. The minimum absolute atomic E-state index is 0.0722. The standard InChI is InChI=1S/C19H20FN3O2/c1-12-8-13(10-14(20)9-12)19(25)22-15-6-7-23(11-15)17-5-3-2-4-16(17)18(21)24/h2-5,8-10,15H,6-7,11H2,1H3,(H2,21,24)(H,22,25)/t15-/m0/s1. The van der Waals surface area contributed by atoms with Gasteiger partial charge in [-0.25, -0.2) is 4.39 Å². The SMILES string of the molecule is Cc1cc(F)cc(C(=O)N[C@H]2CCN(c3ccccc3C(N)=O)C2)c1. The number of rotatable bonds is 4. The zero-order chi connectivity index (χ0) is 18.0. The lowest BCUT2D eigenvalue weighted by atomic mass is 10.1. The predicted octanol–water partition coefficient (Wildman–Crippen LogP) is 2.24. The third-order valence-corrected chi connectivity index (χ3v) is 4.34. The molecular weight excluding hydrogens is 321 g/mol. The van der Waals surface area contributed by atoms with E-state index in [-0.39, 0.29) is 11.9 Å². The maximum Gasteiger partial charge on any atom is 0.251 e. The molecule has 1 aliphatic heterocycles. The molecule has 0 radical (unpaired) electrons. The molecule has 2 aromatic rings. The number of carbonyl (C=O) groups is 2. The van der Waals surface area contributed by atoms with Gasteiger partial charge >= 0.3 is 0 Å². The average molecular weight is 341 g/mol. The van der Waals surface area contributed by atoms with Crippen molar-refractivity contribution in [2.75, 3.05) is 18.0 Å². The Morgan fingerprint density at radius 2 is 2.00 bits per heavy atom. The van der Waals surface area contributed by atoms with Crippen molar-refractivity contribution >= 4 is 17.5 Å². The van der Waals surface area contributed by atoms with E-state index in [2.05, 4.69) is 5.32 Å². The number of nitrogens with one attached hydrogen (secondary N) is 1. The highest BCUT2D eigenvalue weighted by atomic mass is 19.1. The Hall–Kier alpha value is -2.89. The molecule has 0 aliphatic carbocycles. The molecule has 1 saturated heterocycles. The number of hydrogen-bond acceptors (Lipinski definition) is 3. The topological polar surface area (TPSA) is 75.4 Å². The molecule has 25 heavy (non-hydrogen) atoms. The lowest BCUT2D eigenvalue weighted by Gasteiger charge is -2.21. The first-order valence-corrected chi connectivity index (χ1v) is 8.16. The van der Waals surface area contributed by atoms with Gasteiger partial charge in [0.1, 0.15) is 5.82 Å². The van der Waals surface area contributed by atoms with Crippen molar-refractivity contribution in [3.05, 3.63) is 65.0 Å². The van der Waals surface area contributed by atoms with Crippen molar-refractivity contribution in [2.45, 2.75) is 19.4 Å². The van der Waals surface area contributed by atoms with Crippen LogP contribution in [0.4, 0.5) is 10.1 Å². The molecule has 1 fully saturated rings. The molecule has 0 bridgehead atoms. The van der Waals surface area contributed by atoms with Gasteiger partial charge in [-0.1, -0.05) is 12.1 Å². The van der Waals surface area contributed by atoms with Crippen molar-refractivity contribution in [2.24, 2.45) is 5.73 Å². The van der Waals surface area contributed by atoms with Gasteiger partial charge in [-0.2, -0.15) is 0 Å². The maximum absolute atomic E-state index is 13.5. The number of aryl methyl sites for hydroxylation is 1. The molecule has 1 aliphatic rings. The predicted molar refractivity (Wildman–Crippen MR) is 94.2 cm³/mol. The zero-order valence-corrected chi connectivity index (χ0v) is 14.0. The van der Waals surface area contributed by atoms with Gasteiger partial charge in [0, 0.05) is 30.4 Å². The van der Waals surface area contributed by atoms with Gasteiger partial charge in [0.2, 0.25) is 0 Å². The first-order chi connectivity index (χ1) is 11.9. The van der Waals surface area contributed by atoms with E-state index in [1.165, 1.54) is 12.1 Å². The highest BCUT2D eigenvalue weighted by Gasteiger charge is 2.26. The van der Waals surface area contributed by atoms with E-state index in [9.17, 15) is 14.0 Å². The summed E-state index contributed by atoms with van der Waals surface area (Å²) < 4.78 is 13.5. The summed E-state index contributed by atoms with van der Waals surface area (Å²) in [6.07, 6.45) is 0.743. The number of para-hydroxylation sites is 1. The summed E-state index contributed by atoms with van der Waals surface area (Å²) in [5, 5.41) is 2.93. The molecule has 130 valence electrons. The smallest absolute Gasteiger partial charge is 0.251 e. The van der Waals surface area contributed by atoms with Crippen LogP contribution in [0, 0.1) is 12.7 Å². The normalized spacial score (nSPS) is 16.7. The largest absolute Gasteiger partial charge is 0.369 e. The molecule has 0 unspecified atom stereocenters. The van der Waals surface area contributed by atoms with Gasteiger partial charge in [-0.05, 0) is 49.2 Å². The third kappa shape index (κ3) is 3.79. The highest BCUT2D eigenvalue weighted by Crippen LogP contribution is 2.24. The van der Waals surface area contributed by atoms with Crippen LogP contribution in [0.3, 0.4) is 0 Å². The van der Waals surface area contributed by atoms with Gasteiger partial charge in [0.25, 0.3) is 11.8 Å². The number of benzene rings is 2. The Morgan fingerprint density at radius 1 is 1.24 bits per heavy atom. The van der Waals surface area contributed by atoms with Gasteiger partial charge < -0.3 is 16.0 Å². The van der Waals surface area contributed by atoms with E-state index in [1.807, 2.05) is 17.0 Å². The van der Waals surface area contributed by atoms with Crippen LogP contribution < -0.4 is 16.0 Å². The second-order valence-electron chi connectivity index (χ2n) is 6.30. The lowest BCUT2D eigenvalue weighted by molar-refractivity contribution is 0.0938. The molecule has 0 saturated carbocycles. The van der Waals surface area contributed by atoms with Crippen LogP contribution in [-0.4, -0.2) is 30.9 Å². The first-order valence-electron chi connectivity index (χ1n) is 8.16. The van der Waals surface area contributed by atoms with Crippen molar-refractivity contribution in [1.82, 2.24) is 5.32 Å². The van der Waals surface area contributed by atoms with Gasteiger partial charge in [0.15, 0.2) is 0 Å². The second-order valence-corrected chi connectivity index (χ2v) is 6.30. The fourth-order valence-electron chi connectivity index (χ4n) is 3.19. The van der Waals surface area contributed by atoms with Gasteiger partial charge in [-0.15, -0.1) is 0 Å². The van der Waals surface area contributed by atoms with Crippen LogP contribution in [0.2, 0.25) is 0 Å². The second kappa shape index (κ2) is 6.93. The number of amides is 2. The number of carbonyl (C=O) groups excluding carboxylic acids is 2. The Kier molecular flexibility index (Phi) is 4.70. The fraction of sp³-hybridized carbons (Fsp3) is 0.263. The zero-order valence-electron chi connectivity index (χ0n) is 14.0. The van der Waals surface area contributed by atoms with E-state index in [4.69, 9.17) is 5.73 Å². The number of primary amides is 1. The molecule has 3 rings (SSSR count). The number of hydrogen-bond donors (Lipinski definition) is 2. The Labute approximate surface area is 145 Å². The fourth-order valence-corrected chi connectivity index (χ4v) is 3.19. The van der Waals surface area contributed by atoms with Crippen LogP contribution in [0.1, 0.15) is 32.7 Å². The van der Waals surface area contributed by atoms with Crippen LogP contribution in [0.5, 0.6) is 0 Å². The average Bonchev–Trinajstić information content (AvgIpc) is 3.02. The molecule has 1 atom stereocenters. The minimum atomic E-state index is -0.474. The van der Waals surface area contributed by atoms with E-state index in [1.54, 1.807) is 25.1 Å². The summed E-state index contributed by atoms with van der Waals surface area (Å²) >= 11 is 0. The van der Waals surface area contributed by atoms with Crippen LogP contribution in [0.15, 0.2) is 42.5 Å². The molecule has 0 aromatic heterocycles. The summed E-state index contributed by atoms with van der Waals surface area (Å²) in [4.78, 5) is 26.0. The Morgan fingerprint density at radius 3 is 2.72 bits per heavy atom. The molecule has 2 aromatic carbocycles. The molecule has 5 nitrogen and oxygen atoms in total. The van der Waals surface area contributed by atoms with Crippen LogP contribution >= 0.6 is 0 Å². The van der Waals surface area contributed by atoms with Gasteiger partial charge in [-0.3, -0.25) is 9.59 Å². The van der Waals surface area contributed by atoms with Crippen LogP contribution in [0.25, 0.3) is 0 Å². The molecule has 2 amide bonds. The summed E-state index contributed by atoms with van der Waals surface area (Å²) in [5.41, 5.74) is 7.69. The quantitative estimate of drug-likeness (QED) is 0.895. The molecule has 0 spiro atoms. The Balaban J connectivity index is 1.69. The summed E-state index contributed by atoms with van der Waals surface area (Å²) in [7, 11) is 0. The summed E-state index contributed by atoms with van der Waals surface area (Å²) in [5.74, 6) is -1.19. The molecular formula is C19H20FN3O2. The maximum atomic E-state index is 13.5. The molecule has 3 N–H and O–H groups in total. The van der Waals surface area contributed by atoms with Crippen molar-refractivity contribution in [1.29, 1.82) is 0 Å². The van der Waals surface area contributed by atoms with E-state index in [0.29, 0.717) is 29.8 Å². The number of nitrogens with zero attached hydrogens (tertiary/aromatic N) is 1. The first kappa shape index (κ1) is 17.0. The van der Waals surface area contributed by atoms with Crippen molar-refractivity contribution in [3.8, 4) is 0 Å². The lowest BCUT2D eigenvalue weighted by Crippen LogP contribution is -2.37. The molecule has 6 heteroatoms. The van der Waals surface area contributed by atoms with Crippen LogP contribution in [-0.2, 0) is 0 Å². The van der Waals surface area contributed by atoms with Gasteiger partial charge in [0.05, 0.1) is 5.56 Å². The number of halogens is 1. The third-order valence-electron chi connectivity index (χ3n) is 4.34. The number of anilines is 1. The highest BCUT2D eigenvalue weighted by molar-refractivity contribution is 5.98. The summed E-state index contributed by atoms with van der Waals surface area (Å²) in [6.45, 7) is 3.03. The van der Waals surface area contributed by atoms with Crippen molar-refractivity contribution in [3.63, 3.8) is 0 Å².